The van der Waals surface area contributed by atoms with Crippen molar-refractivity contribution in [3.8, 4) is 0 Å². The third-order valence-electron chi connectivity index (χ3n) is 4.96. The third kappa shape index (κ3) is 5.19. The molecule has 27 heavy (non-hydrogen) atoms. The highest BCUT2D eigenvalue weighted by atomic mass is 16.3. The fourth-order valence-corrected chi connectivity index (χ4v) is 3.13. The van der Waals surface area contributed by atoms with Crippen LogP contribution in [0.3, 0.4) is 0 Å². The average Bonchev–Trinajstić information content (AvgIpc) is 2.63. The van der Waals surface area contributed by atoms with E-state index >= 15 is 0 Å². The molecule has 1 rings (SSSR count). The van der Waals surface area contributed by atoms with E-state index in [1.165, 1.54) is 0 Å². The van der Waals surface area contributed by atoms with Gasteiger partial charge in [0.2, 0.25) is 12.2 Å². The van der Waals surface area contributed by atoms with Crippen LogP contribution in [-0.4, -0.2) is 47.3 Å². The van der Waals surface area contributed by atoms with Gasteiger partial charge in [0.05, 0.1) is 31.0 Å². The van der Waals surface area contributed by atoms with Gasteiger partial charge in [-0.25, -0.2) is 9.59 Å². The number of aryl methyl sites for hydroxylation is 1. The van der Waals surface area contributed by atoms with E-state index in [9.17, 15) is 24.9 Å². The summed E-state index contributed by atoms with van der Waals surface area (Å²) >= 11 is 0. The molecule has 1 aromatic carbocycles. The van der Waals surface area contributed by atoms with Crippen LogP contribution < -0.4 is 0 Å². The first kappa shape index (κ1) is 22.9. The first-order chi connectivity index (χ1) is 12.7. The highest BCUT2D eigenvalue weighted by Gasteiger charge is 2.30. The van der Waals surface area contributed by atoms with E-state index in [1.54, 1.807) is 32.1 Å². The number of nitrogens with zero attached hydrogens (tertiary/aromatic N) is 2. The Labute approximate surface area is 159 Å². The summed E-state index contributed by atoms with van der Waals surface area (Å²) in [6.07, 6.45) is 3.96. The maximum Gasteiger partial charge on any atom is 0.240 e. The fraction of sp³-hybridized carbons (Fsp3) is 0.600. The van der Waals surface area contributed by atoms with E-state index in [0.717, 1.165) is 11.1 Å². The van der Waals surface area contributed by atoms with Gasteiger partial charge in [-0.05, 0) is 43.7 Å². The predicted molar refractivity (Wildman–Crippen MR) is 101 cm³/mol. The summed E-state index contributed by atoms with van der Waals surface area (Å²) in [5.41, 5.74) is 0.830. The van der Waals surface area contributed by atoms with Crippen LogP contribution in [0, 0.1) is 5.41 Å². The molecule has 0 bridgehead atoms. The molecular weight excluding hydrogens is 348 g/mol. The summed E-state index contributed by atoms with van der Waals surface area (Å²) in [6, 6.07) is 3.63. The monoisotopic (exact) mass is 376 g/mol. The molecule has 3 N–H and O–H groups in total. The maximum atomic E-state index is 11.1. The SMILES string of the molecule is CC(C)c1c(CCC(CO)(CO)CO)ccc(C(C)(C)N=C=O)c1N=C=O. The van der Waals surface area contributed by atoms with Gasteiger partial charge in [-0.15, -0.1) is 0 Å². The zero-order valence-corrected chi connectivity index (χ0v) is 16.3. The molecule has 0 amide bonds. The molecule has 0 unspecified atom stereocenters. The molecule has 0 radical (unpaired) electrons. The van der Waals surface area contributed by atoms with Crippen molar-refractivity contribution in [1.29, 1.82) is 0 Å². The van der Waals surface area contributed by atoms with Crippen molar-refractivity contribution < 1.29 is 24.9 Å². The summed E-state index contributed by atoms with van der Waals surface area (Å²) in [5, 5.41) is 28.6. The Morgan fingerprint density at radius 1 is 1.04 bits per heavy atom. The largest absolute Gasteiger partial charge is 0.396 e. The normalized spacial score (nSPS) is 11.9. The predicted octanol–water partition coefficient (Wildman–Crippen LogP) is 2.24. The quantitative estimate of drug-likeness (QED) is 0.427. The smallest absolute Gasteiger partial charge is 0.240 e. The molecule has 0 heterocycles. The van der Waals surface area contributed by atoms with Gasteiger partial charge in [-0.2, -0.15) is 9.98 Å². The minimum absolute atomic E-state index is 0.00911. The Bertz CT molecular complexity index is 733. The Hall–Kier alpha value is -2.14. The van der Waals surface area contributed by atoms with E-state index in [-0.39, 0.29) is 25.7 Å². The lowest BCUT2D eigenvalue weighted by Crippen LogP contribution is -2.34. The number of aliphatic imine (C=N–C) groups is 2. The summed E-state index contributed by atoms with van der Waals surface area (Å²) in [5.74, 6) is 0.00911. The van der Waals surface area contributed by atoms with Crippen molar-refractivity contribution >= 4 is 17.8 Å². The van der Waals surface area contributed by atoms with Crippen LogP contribution in [0.1, 0.15) is 56.7 Å². The van der Waals surface area contributed by atoms with Gasteiger partial charge in [0.25, 0.3) is 0 Å². The first-order valence-corrected chi connectivity index (χ1v) is 8.87. The lowest BCUT2D eigenvalue weighted by molar-refractivity contribution is -0.000302. The fourth-order valence-electron chi connectivity index (χ4n) is 3.13. The molecule has 0 fully saturated rings. The van der Waals surface area contributed by atoms with E-state index in [2.05, 4.69) is 9.98 Å². The molecule has 0 saturated carbocycles. The van der Waals surface area contributed by atoms with Gasteiger partial charge in [0, 0.05) is 11.0 Å². The van der Waals surface area contributed by atoms with E-state index < -0.39 is 11.0 Å². The molecule has 0 aliphatic rings. The molecule has 0 spiro atoms. The number of isocyanates is 2. The molecule has 7 nitrogen and oxygen atoms in total. The molecule has 0 atom stereocenters. The van der Waals surface area contributed by atoms with Crippen LogP contribution >= 0.6 is 0 Å². The van der Waals surface area contributed by atoms with Gasteiger partial charge in [0.15, 0.2) is 0 Å². The van der Waals surface area contributed by atoms with Gasteiger partial charge < -0.3 is 15.3 Å². The van der Waals surface area contributed by atoms with Crippen molar-refractivity contribution in [2.24, 2.45) is 15.4 Å². The number of carbonyl (C=O) groups excluding carboxylic acids is 2. The van der Waals surface area contributed by atoms with Crippen LogP contribution in [0.15, 0.2) is 22.1 Å². The molecule has 0 aliphatic heterocycles. The lowest BCUT2D eigenvalue weighted by Gasteiger charge is -2.29. The zero-order valence-electron chi connectivity index (χ0n) is 16.3. The second kappa shape index (κ2) is 9.70. The number of rotatable bonds is 10. The lowest BCUT2D eigenvalue weighted by atomic mass is 9.80. The molecule has 0 saturated heterocycles. The number of aliphatic hydroxyl groups excluding tert-OH is 3. The summed E-state index contributed by atoms with van der Waals surface area (Å²) in [4.78, 5) is 29.6. The Morgan fingerprint density at radius 3 is 2.07 bits per heavy atom. The van der Waals surface area contributed by atoms with Crippen molar-refractivity contribution in [2.45, 2.75) is 52.0 Å². The van der Waals surface area contributed by atoms with Gasteiger partial charge >= 0.3 is 0 Å². The topological polar surface area (TPSA) is 120 Å². The number of hydrogen-bond acceptors (Lipinski definition) is 7. The van der Waals surface area contributed by atoms with E-state index in [4.69, 9.17) is 0 Å². The highest BCUT2D eigenvalue weighted by Crippen LogP contribution is 2.41. The highest BCUT2D eigenvalue weighted by molar-refractivity contribution is 5.64. The van der Waals surface area contributed by atoms with Crippen LogP contribution in [0.25, 0.3) is 0 Å². The standard InChI is InChI=1S/C20H28N2O5/c1-14(2)17-15(7-8-20(9-23,10-24)11-25)5-6-16(18(17)21-12-26)19(3,4)22-13-27/h5-6,14,23-25H,7-11H2,1-4H3. The van der Waals surface area contributed by atoms with Crippen molar-refractivity contribution in [3.63, 3.8) is 0 Å². The van der Waals surface area contributed by atoms with Gasteiger partial charge in [-0.3, -0.25) is 0 Å². The average molecular weight is 376 g/mol. The van der Waals surface area contributed by atoms with Gasteiger partial charge in [-0.1, -0.05) is 26.0 Å². The zero-order chi connectivity index (χ0) is 20.7. The third-order valence-corrected chi connectivity index (χ3v) is 4.96. The number of benzene rings is 1. The summed E-state index contributed by atoms with van der Waals surface area (Å²) < 4.78 is 0. The minimum atomic E-state index is -0.984. The minimum Gasteiger partial charge on any atom is -0.396 e. The second-order valence-corrected chi connectivity index (χ2v) is 7.63. The molecule has 0 aliphatic carbocycles. The number of hydrogen-bond donors (Lipinski definition) is 3. The summed E-state index contributed by atoms with van der Waals surface area (Å²) in [7, 11) is 0. The van der Waals surface area contributed by atoms with Crippen molar-refractivity contribution in [3.05, 3.63) is 28.8 Å². The van der Waals surface area contributed by atoms with Crippen LogP contribution in [0.4, 0.5) is 5.69 Å². The molecular formula is C20H28N2O5. The van der Waals surface area contributed by atoms with E-state index in [0.29, 0.717) is 24.1 Å². The Morgan fingerprint density at radius 2 is 1.63 bits per heavy atom. The molecule has 1 aromatic rings. The van der Waals surface area contributed by atoms with Gasteiger partial charge in [0.1, 0.15) is 0 Å². The van der Waals surface area contributed by atoms with Crippen molar-refractivity contribution in [1.82, 2.24) is 0 Å². The maximum absolute atomic E-state index is 11.1. The Balaban J connectivity index is 3.54. The molecule has 148 valence electrons. The molecule has 0 aromatic heterocycles. The summed E-state index contributed by atoms with van der Waals surface area (Å²) in [6.45, 7) is 6.37. The number of aliphatic hydroxyl groups is 3. The second-order valence-electron chi connectivity index (χ2n) is 7.63. The van der Waals surface area contributed by atoms with Crippen LogP contribution in [-0.2, 0) is 21.5 Å². The first-order valence-electron chi connectivity index (χ1n) is 8.87. The molecule has 7 heteroatoms. The van der Waals surface area contributed by atoms with E-state index in [1.807, 2.05) is 19.9 Å². The van der Waals surface area contributed by atoms with Crippen LogP contribution in [0.2, 0.25) is 0 Å². The van der Waals surface area contributed by atoms with Crippen molar-refractivity contribution in [2.75, 3.05) is 19.8 Å². The Kier molecular flexibility index (Phi) is 8.22. The van der Waals surface area contributed by atoms with Crippen LogP contribution in [0.5, 0.6) is 0 Å².